The van der Waals surface area contributed by atoms with Crippen molar-refractivity contribution in [2.75, 3.05) is 0 Å². The SMILES string of the molecule is Cc1cc(OC(F)F)cc(F)c1C. The minimum Gasteiger partial charge on any atom is -0.435 e. The van der Waals surface area contributed by atoms with Gasteiger partial charge in [0.05, 0.1) is 0 Å². The van der Waals surface area contributed by atoms with Gasteiger partial charge in [0, 0.05) is 6.07 Å². The Bertz CT molecular complexity index is 287. The summed E-state index contributed by atoms with van der Waals surface area (Å²) in [6.07, 6.45) is 0. The predicted octanol–water partition coefficient (Wildman–Crippen LogP) is 3.04. The number of alkyl halides is 2. The Kier molecular flexibility index (Phi) is 2.80. The average molecular weight is 190 g/mol. The molecule has 1 aromatic rings. The van der Waals surface area contributed by atoms with Crippen LogP contribution in [0.2, 0.25) is 0 Å². The van der Waals surface area contributed by atoms with Gasteiger partial charge < -0.3 is 4.74 Å². The van der Waals surface area contributed by atoms with Crippen molar-refractivity contribution >= 4 is 0 Å². The third-order valence-electron chi connectivity index (χ3n) is 1.80. The molecule has 0 unspecified atom stereocenters. The first kappa shape index (κ1) is 9.89. The fraction of sp³-hybridized carbons (Fsp3) is 0.333. The molecule has 4 heteroatoms. The van der Waals surface area contributed by atoms with Crippen LogP contribution in [0.5, 0.6) is 5.75 Å². The maximum atomic E-state index is 13.0. The Balaban J connectivity index is 2.99. The lowest BCUT2D eigenvalue weighted by Gasteiger charge is -2.07. The number of aryl methyl sites for hydroxylation is 1. The lowest BCUT2D eigenvalue weighted by Crippen LogP contribution is -2.03. The second kappa shape index (κ2) is 3.68. The van der Waals surface area contributed by atoms with Gasteiger partial charge in [-0.05, 0) is 31.0 Å². The Morgan fingerprint density at radius 1 is 1.23 bits per heavy atom. The Morgan fingerprint density at radius 2 is 1.85 bits per heavy atom. The maximum Gasteiger partial charge on any atom is 0.387 e. The van der Waals surface area contributed by atoms with Crippen molar-refractivity contribution in [2.45, 2.75) is 20.5 Å². The summed E-state index contributed by atoms with van der Waals surface area (Å²) in [7, 11) is 0. The molecular formula is C9H9F3O. The van der Waals surface area contributed by atoms with E-state index < -0.39 is 12.4 Å². The number of halogens is 3. The number of benzene rings is 1. The fourth-order valence-corrected chi connectivity index (χ4v) is 0.956. The van der Waals surface area contributed by atoms with Crippen LogP contribution in [0.25, 0.3) is 0 Å². The van der Waals surface area contributed by atoms with Gasteiger partial charge in [0.25, 0.3) is 0 Å². The van der Waals surface area contributed by atoms with Gasteiger partial charge >= 0.3 is 6.61 Å². The molecule has 0 saturated heterocycles. The highest BCUT2D eigenvalue weighted by molar-refractivity contribution is 5.35. The van der Waals surface area contributed by atoms with E-state index in [-0.39, 0.29) is 5.75 Å². The van der Waals surface area contributed by atoms with E-state index in [1.165, 1.54) is 6.07 Å². The van der Waals surface area contributed by atoms with Crippen molar-refractivity contribution in [1.29, 1.82) is 0 Å². The highest BCUT2D eigenvalue weighted by Crippen LogP contribution is 2.21. The standard InChI is InChI=1S/C9H9F3O/c1-5-3-7(13-9(11)12)4-8(10)6(5)2/h3-4,9H,1-2H3. The number of rotatable bonds is 2. The van der Waals surface area contributed by atoms with Crippen LogP contribution in [-0.2, 0) is 0 Å². The van der Waals surface area contributed by atoms with E-state index in [0.717, 1.165) is 6.07 Å². The molecule has 0 spiro atoms. The van der Waals surface area contributed by atoms with Crippen LogP contribution in [-0.4, -0.2) is 6.61 Å². The van der Waals surface area contributed by atoms with E-state index in [9.17, 15) is 13.2 Å². The summed E-state index contributed by atoms with van der Waals surface area (Å²) in [4.78, 5) is 0. The van der Waals surface area contributed by atoms with Crippen molar-refractivity contribution in [3.8, 4) is 5.75 Å². The van der Waals surface area contributed by atoms with Crippen LogP contribution in [0, 0.1) is 19.7 Å². The summed E-state index contributed by atoms with van der Waals surface area (Å²) in [5.41, 5.74) is 1.04. The van der Waals surface area contributed by atoms with E-state index in [1.807, 2.05) is 0 Å². The zero-order valence-corrected chi connectivity index (χ0v) is 7.27. The van der Waals surface area contributed by atoms with Crippen LogP contribution in [0.15, 0.2) is 12.1 Å². The monoisotopic (exact) mass is 190 g/mol. The molecule has 0 N–H and O–H groups in total. The smallest absolute Gasteiger partial charge is 0.387 e. The van der Waals surface area contributed by atoms with Crippen molar-refractivity contribution in [2.24, 2.45) is 0 Å². The van der Waals surface area contributed by atoms with Crippen LogP contribution in [0.1, 0.15) is 11.1 Å². The number of hydrogen-bond donors (Lipinski definition) is 0. The molecule has 1 rings (SSSR count). The lowest BCUT2D eigenvalue weighted by molar-refractivity contribution is -0.0500. The molecule has 0 bridgehead atoms. The third kappa shape index (κ3) is 2.37. The minimum absolute atomic E-state index is 0.143. The molecule has 0 aliphatic carbocycles. The molecule has 72 valence electrons. The normalized spacial score (nSPS) is 10.6. The van der Waals surface area contributed by atoms with Crippen molar-refractivity contribution in [1.82, 2.24) is 0 Å². The maximum absolute atomic E-state index is 13.0. The van der Waals surface area contributed by atoms with E-state index in [2.05, 4.69) is 4.74 Å². The van der Waals surface area contributed by atoms with Gasteiger partial charge in [0.1, 0.15) is 11.6 Å². The highest BCUT2D eigenvalue weighted by atomic mass is 19.3. The van der Waals surface area contributed by atoms with Gasteiger partial charge in [0.15, 0.2) is 0 Å². The molecule has 0 radical (unpaired) electrons. The highest BCUT2D eigenvalue weighted by Gasteiger charge is 2.08. The summed E-state index contributed by atoms with van der Waals surface area (Å²) in [6, 6.07) is 2.33. The van der Waals surface area contributed by atoms with Crippen molar-refractivity contribution in [3.63, 3.8) is 0 Å². The molecule has 0 fully saturated rings. The first-order valence-electron chi connectivity index (χ1n) is 3.72. The van der Waals surface area contributed by atoms with Crippen LogP contribution in [0.3, 0.4) is 0 Å². The fourth-order valence-electron chi connectivity index (χ4n) is 0.956. The van der Waals surface area contributed by atoms with Crippen molar-refractivity contribution < 1.29 is 17.9 Å². The first-order chi connectivity index (χ1) is 6.00. The molecule has 1 nitrogen and oxygen atoms in total. The van der Waals surface area contributed by atoms with Crippen LogP contribution in [0.4, 0.5) is 13.2 Å². The van der Waals surface area contributed by atoms with E-state index in [0.29, 0.717) is 11.1 Å². The minimum atomic E-state index is -2.92. The summed E-state index contributed by atoms with van der Waals surface area (Å²) >= 11 is 0. The van der Waals surface area contributed by atoms with E-state index >= 15 is 0 Å². The molecule has 0 aliphatic rings. The lowest BCUT2D eigenvalue weighted by atomic mass is 10.1. The average Bonchev–Trinajstić information content (AvgIpc) is 1.98. The first-order valence-corrected chi connectivity index (χ1v) is 3.72. The second-order valence-electron chi connectivity index (χ2n) is 2.73. The molecule has 0 atom stereocenters. The second-order valence-corrected chi connectivity index (χ2v) is 2.73. The predicted molar refractivity (Wildman–Crippen MR) is 42.5 cm³/mol. The topological polar surface area (TPSA) is 9.23 Å². The van der Waals surface area contributed by atoms with Crippen LogP contribution >= 0.6 is 0 Å². The Morgan fingerprint density at radius 3 is 2.31 bits per heavy atom. The largest absolute Gasteiger partial charge is 0.435 e. The number of ether oxygens (including phenoxy) is 1. The van der Waals surface area contributed by atoms with Crippen LogP contribution < -0.4 is 4.74 Å². The van der Waals surface area contributed by atoms with E-state index in [1.54, 1.807) is 13.8 Å². The van der Waals surface area contributed by atoms with Crippen molar-refractivity contribution in [3.05, 3.63) is 29.1 Å². The molecule has 1 aromatic carbocycles. The summed E-state index contributed by atoms with van der Waals surface area (Å²) in [5.74, 6) is -0.675. The summed E-state index contributed by atoms with van der Waals surface area (Å²) in [6.45, 7) is 0.301. The molecule has 0 aromatic heterocycles. The Hall–Kier alpha value is -1.19. The molecule has 0 aliphatic heterocycles. The zero-order valence-electron chi connectivity index (χ0n) is 7.27. The quantitative estimate of drug-likeness (QED) is 0.696. The summed E-state index contributed by atoms with van der Waals surface area (Å²) in [5, 5.41) is 0. The molecule has 0 heterocycles. The van der Waals surface area contributed by atoms with E-state index in [4.69, 9.17) is 0 Å². The molecule has 13 heavy (non-hydrogen) atoms. The zero-order chi connectivity index (χ0) is 10.0. The molecular weight excluding hydrogens is 181 g/mol. The van der Waals surface area contributed by atoms with Gasteiger partial charge in [-0.3, -0.25) is 0 Å². The molecule has 0 amide bonds. The third-order valence-corrected chi connectivity index (χ3v) is 1.80. The molecule has 0 saturated carbocycles. The summed E-state index contributed by atoms with van der Waals surface area (Å²) < 4.78 is 40.5. The number of hydrogen-bond acceptors (Lipinski definition) is 1. The van der Waals surface area contributed by atoms with Gasteiger partial charge in [-0.25, -0.2) is 4.39 Å². The Labute approximate surface area is 74.1 Å². The van der Waals surface area contributed by atoms with Gasteiger partial charge in [-0.2, -0.15) is 8.78 Å². The van der Waals surface area contributed by atoms with Gasteiger partial charge in [-0.15, -0.1) is 0 Å². The van der Waals surface area contributed by atoms with Gasteiger partial charge in [-0.1, -0.05) is 0 Å². The van der Waals surface area contributed by atoms with Gasteiger partial charge in [0.2, 0.25) is 0 Å².